The van der Waals surface area contributed by atoms with Gasteiger partial charge in [0.25, 0.3) is 0 Å². The maximum Gasteiger partial charge on any atom is 0.0595 e. The number of hydrogen-bond donors (Lipinski definition) is 1. The van der Waals surface area contributed by atoms with Gasteiger partial charge in [-0.05, 0) is 83.3 Å². The highest BCUT2D eigenvalue weighted by Gasteiger charge is 2.17. The van der Waals surface area contributed by atoms with E-state index < -0.39 is 0 Å². The van der Waals surface area contributed by atoms with Gasteiger partial charge in [0, 0.05) is 12.9 Å². The van der Waals surface area contributed by atoms with Crippen molar-refractivity contribution in [2.75, 3.05) is 6.54 Å². The summed E-state index contributed by atoms with van der Waals surface area (Å²) in [7, 11) is 0. The van der Waals surface area contributed by atoms with Crippen LogP contribution in [0.3, 0.4) is 0 Å². The third-order valence-electron chi connectivity index (χ3n) is 2.95. The van der Waals surface area contributed by atoms with Crippen LogP contribution in [0.4, 0.5) is 0 Å². The SMILES string of the molecule is CCCNC(c1csc(C)c1)c1cc(Br)ccc1I. The summed E-state index contributed by atoms with van der Waals surface area (Å²) in [6.45, 7) is 5.40. The summed E-state index contributed by atoms with van der Waals surface area (Å²) in [6.07, 6.45) is 1.14. The Morgan fingerprint density at radius 3 is 2.79 bits per heavy atom. The molecular formula is C15H17BrINS. The highest BCUT2D eigenvalue weighted by Crippen LogP contribution is 2.31. The van der Waals surface area contributed by atoms with Gasteiger partial charge in [-0.25, -0.2) is 0 Å². The van der Waals surface area contributed by atoms with Crippen molar-refractivity contribution in [3.05, 3.63) is 53.7 Å². The molecule has 19 heavy (non-hydrogen) atoms. The minimum absolute atomic E-state index is 0.286. The van der Waals surface area contributed by atoms with E-state index >= 15 is 0 Å². The van der Waals surface area contributed by atoms with Crippen molar-refractivity contribution in [3.8, 4) is 0 Å². The minimum Gasteiger partial charge on any atom is -0.306 e. The van der Waals surface area contributed by atoms with Crippen molar-refractivity contribution in [1.29, 1.82) is 0 Å². The molecule has 1 unspecified atom stereocenters. The van der Waals surface area contributed by atoms with Crippen LogP contribution in [-0.4, -0.2) is 6.54 Å². The third kappa shape index (κ3) is 4.03. The maximum absolute atomic E-state index is 3.66. The number of benzene rings is 1. The van der Waals surface area contributed by atoms with E-state index in [0.29, 0.717) is 0 Å². The Balaban J connectivity index is 2.39. The molecule has 0 amide bonds. The average Bonchev–Trinajstić information content (AvgIpc) is 2.80. The van der Waals surface area contributed by atoms with E-state index in [9.17, 15) is 0 Å². The van der Waals surface area contributed by atoms with Gasteiger partial charge in [0.05, 0.1) is 6.04 Å². The first-order valence-electron chi connectivity index (χ1n) is 6.35. The smallest absolute Gasteiger partial charge is 0.0595 e. The number of nitrogens with one attached hydrogen (secondary N) is 1. The van der Waals surface area contributed by atoms with Gasteiger partial charge in [-0.3, -0.25) is 0 Å². The Hall–Kier alpha value is 0.0900. The van der Waals surface area contributed by atoms with Gasteiger partial charge < -0.3 is 5.32 Å². The standard InChI is InChI=1S/C15H17BrINS/c1-3-6-18-15(11-7-10(2)19-9-11)13-8-12(16)4-5-14(13)17/h4-5,7-9,15,18H,3,6H2,1-2H3. The molecular weight excluding hydrogens is 433 g/mol. The molecule has 0 saturated heterocycles. The quantitative estimate of drug-likeness (QED) is 0.593. The largest absolute Gasteiger partial charge is 0.306 e. The molecule has 0 aliphatic carbocycles. The lowest BCUT2D eigenvalue weighted by atomic mass is 10.0. The third-order valence-corrected chi connectivity index (χ3v) is 5.31. The molecule has 0 bridgehead atoms. The Morgan fingerprint density at radius 1 is 1.37 bits per heavy atom. The van der Waals surface area contributed by atoms with Crippen LogP contribution in [0.5, 0.6) is 0 Å². The topological polar surface area (TPSA) is 12.0 Å². The molecule has 102 valence electrons. The molecule has 2 aromatic rings. The Morgan fingerprint density at radius 2 is 2.16 bits per heavy atom. The fourth-order valence-corrected chi connectivity index (χ4v) is 3.80. The lowest BCUT2D eigenvalue weighted by Crippen LogP contribution is -2.23. The summed E-state index contributed by atoms with van der Waals surface area (Å²) >= 11 is 7.82. The monoisotopic (exact) mass is 449 g/mol. The van der Waals surface area contributed by atoms with Crippen molar-refractivity contribution < 1.29 is 0 Å². The van der Waals surface area contributed by atoms with Crippen molar-refractivity contribution in [1.82, 2.24) is 5.32 Å². The van der Waals surface area contributed by atoms with Crippen LogP contribution in [0, 0.1) is 10.5 Å². The average molecular weight is 450 g/mol. The molecule has 0 saturated carbocycles. The first-order chi connectivity index (χ1) is 9.11. The second kappa shape index (κ2) is 7.20. The van der Waals surface area contributed by atoms with Gasteiger partial charge in [0.1, 0.15) is 0 Å². The predicted octanol–water partition coefficient (Wildman–Crippen LogP) is 5.51. The summed E-state index contributed by atoms with van der Waals surface area (Å²) in [6, 6.07) is 9.06. The number of aryl methyl sites for hydroxylation is 1. The normalized spacial score (nSPS) is 12.6. The van der Waals surface area contributed by atoms with E-state index in [4.69, 9.17) is 0 Å². The number of rotatable bonds is 5. The lowest BCUT2D eigenvalue weighted by Gasteiger charge is -2.20. The van der Waals surface area contributed by atoms with Crippen LogP contribution >= 0.6 is 49.9 Å². The Kier molecular flexibility index (Phi) is 5.87. The molecule has 0 radical (unpaired) electrons. The van der Waals surface area contributed by atoms with E-state index in [-0.39, 0.29) is 6.04 Å². The molecule has 1 N–H and O–H groups in total. The van der Waals surface area contributed by atoms with Crippen LogP contribution < -0.4 is 5.32 Å². The molecule has 0 aliphatic rings. The molecule has 1 heterocycles. The van der Waals surface area contributed by atoms with E-state index in [1.807, 2.05) is 11.3 Å². The lowest BCUT2D eigenvalue weighted by molar-refractivity contribution is 0.597. The molecule has 4 heteroatoms. The fraction of sp³-hybridized carbons (Fsp3) is 0.333. The van der Waals surface area contributed by atoms with E-state index in [0.717, 1.165) is 17.4 Å². The fourth-order valence-electron chi connectivity index (χ4n) is 2.05. The first-order valence-corrected chi connectivity index (χ1v) is 9.10. The molecule has 0 fully saturated rings. The van der Waals surface area contributed by atoms with Gasteiger partial charge in [-0.15, -0.1) is 11.3 Å². The zero-order valence-electron chi connectivity index (χ0n) is 11.0. The van der Waals surface area contributed by atoms with Crippen molar-refractivity contribution in [2.24, 2.45) is 0 Å². The second-order valence-corrected chi connectivity index (χ2v) is 7.74. The van der Waals surface area contributed by atoms with Crippen LogP contribution in [0.25, 0.3) is 0 Å². The van der Waals surface area contributed by atoms with Gasteiger partial charge in [0.15, 0.2) is 0 Å². The molecule has 1 aromatic heterocycles. The van der Waals surface area contributed by atoms with Crippen molar-refractivity contribution >= 4 is 49.9 Å². The van der Waals surface area contributed by atoms with Crippen LogP contribution in [0.15, 0.2) is 34.1 Å². The number of thiophene rings is 1. The van der Waals surface area contributed by atoms with E-state index in [1.54, 1.807) is 0 Å². The van der Waals surface area contributed by atoms with E-state index in [2.05, 4.69) is 87.3 Å². The molecule has 1 atom stereocenters. The van der Waals surface area contributed by atoms with E-state index in [1.165, 1.54) is 19.6 Å². The second-order valence-electron chi connectivity index (χ2n) is 4.54. The molecule has 1 aromatic carbocycles. The van der Waals surface area contributed by atoms with Gasteiger partial charge in [-0.2, -0.15) is 0 Å². The van der Waals surface area contributed by atoms with Crippen LogP contribution in [-0.2, 0) is 0 Å². The molecule has 1 nitrogen and oxygen atoms in total. The Bertz CT molecular complexity index is 553. The highest BCUT2D eigenvalue weighted by atomic mass is 127. The van der Waals surface area contributed by atoms with Gasteiger partial charge in [0.2, 0.25) is 0 Å². The maximum atomic E-state index is 3.66. The summed E-state index contributed by atoms with van der Waals surface area (Å²) in [5, 5.41) is 5.93. The Labute approximate surface area is 141 Å². The highest BCUT2D eigenvalue weighted by molar-refractivity contribution is 14.1. The van der Waals surface area contributed by atoms with Crippen molar-refractivity contribution in [2.45, 2.75) is 26.3 Å². The zero-order valence-corrected chi connectivity index (χ0v) is 15.6. The first kappa shape index (κ1) is 15.5. The summed E-state index contributed by atoms with van der Waals surface area (Å²) in [4.78, 5) is 1.36. The summed E-state index contributed by atoms with van der Waals surface area (Å²) < 4.78 is 2.44. The minimum atomic E-state index is 0.286. The van der Waals surface area contributed by atoms with Gasteiger partial charge >= 0.3 is 0 Å². The summed E-state index contributed by atoms with van der Waals surface area (Å²) in [5.74, 6) is 0. The molecule has 0 aliphatic heterocycles. The number of hydrogen-bond acceptors (Lipinski definition) is 2. The van der Waals surface area contributed by atoms with Crippen LogP contribution in [0.1, 0.15) is 35.4 Å². The zero-order chi connectivity index (χ0) is 13.8. The summed E-state index contributed by atoms with van der Waals surface area (Å²) in [5.41, 5.74) is 2.72. The molecule has 2 rings (SSSR count). The molecule has 0 spiro atoms. The van der Waals surface area contributed by atoms with Crippen molar-refractivity contribution in [3.63, 3.8) is 0 Å². The van der Waals surface area contributed by atoms with Crippen LogP contribution in [0.2, 0.25) is 0 Å². The number of halogens is 2. The predicted molar refractivity (Wildman–Crippen MR) is 96.1 cm³/mol. The van der Waals surface area contributed by atoms with Gasteiger partial charge in [-0.1, -0.05) is 22.9 Å².